The molecular formula is C43H27N3S. The van der Waals surface area contributed by atoms with E-state index in [2.05, 4.69) is 173 Å². The lowest BCUT2D eigenvalue weighted by molar-refractivity contribution is 1.11. The highest BCUT2D eigenvalue weighted by Crippen LogP contribution is 2.45. The Kier molecular flexibility index (Phi) is 5.74. The molecule has 0 amide bonds. The van der Waals surface area contributed by atoms with Crippen molar-refractivity contribution in [1.29, 1.82) is 0 Å². The van der Waals surface area contributed by atoms with Gasteiger partial charge in [-0.2, -0.15) is 0 Å². The first kappa shape index (κ1) is 26.3. The van der Waals surface area contributed by atoms with E-state index in [0.717, 1.165) is 28.1 Å². The van der Waals surface area contributed by atoms with E-state index in [9.17, 15) is 0 Å². The first-order chi connectivity index (χ1) is 23.3. The van der Waals surface area contributed by atoms with Crippen molar-refractivity contribution in [2.24, 2.45) is 0 Å². The van der Waals surface area contributed by atoms with Crippen LogP contribution in [0.15, 0.2) is 164 Å². The minimum Gasteiger partial charge on any atom is -0.308 e. The van der Waals surface area contributed by atoms with Crippen LogP contribution >= 0.6 is 11.3 Å². The minimum atomic E-state index is 0.960. The van der Waals surface area contributed by atoms with Crippen molar-refractivity contribution < 1.29 is 0 Å². The first-order valence-electron chi connectivity index (χ1n) is 15.9. The molecule has 0 aliphatic heterocycles. The van der Waals surface area contributed by atoms with Crippen LogP contribution < -0.4 is 0 Å². The van der Waals surface area contributed by atoms with Gasteiger partial charge in [-0.15, -0.1) is 11.3 Å². The largest absolute Gasteiger partial charge is 0.308 e. The standard InChI is InChI=1S/C43H27N3S/c1-3-13-28(14-4-1)29-25-26-38-35(27-29)31-17-7-9-22-37(31)46(38)40-24-12-19-33-32-18-11-20-34(41(32)47-42(33)40)43-44-36-21-8-10-23-39(36)45(43)30-15-5-2-6-16-30/h1-27H. The van der Waals surface area contributed by atoms with Gasteiger partial charge in [-0.25, -0.2) is 4.98 Å². The molecule has 0 radical (unpaired) electrons. The zero-order valence-corrected chi connectivity index (χ0v) is 26.2. The van der Waals surface area contributed by atoms with Crippen LogP contribution in [0.3, 0.4) is 0 Å². The summed E-state index contributed by atoms with van der Waals surface area (Å²) in [6.07, 6.45) is 0. The summed E-state index contributed by atoms with van der Waals surface area (Å²) in [5, 5.41) is 5.04. The van der Waals surface area contributed by atoms with Gasteiger partial charge in [0.15, 0.2) is 0 Å². The first-order valence-corrected chi connectivity index (χ1v) is 16.7. The summed E-state index contributed by atoms with van der Waals surface area (Å²) in [6.45, 7) is 0. The molecule has 0 aliphatic rings. The molecule has 47 heavy (non-hydrogen) atoms. The Balaban J connectivity index is 1.24. The molecule has 10 rings (SSSR count). The summed E-state index contributed by atoms with van der Waals surface area (Å²) in [7, 11) is 0. The zero-order valence-electron chi connectivity index (χ0n) is 25.3. The Labute approximate surface area is 275 Å². The summed E-state index contributed by atoms with van der Waals surface area (Å²) >= 11 is 1.86. The molecular weight excluding hydrogens is 591 g/mol. The lowest BCUT2D eigenvalue weighted by Gasteiger charge is -2.10. The van der Waals surface area contributed by atoms with Gasteiger partial charge in [0.1, 0.15) is 5.82 Å². The molecule has 0 saturated heterocycles. The maximum absolute atomic E-state index is 5.23. The third-order valence-electron chi connectivity index (χ3n) is 9.34. The number of fused-ring (bicyclic) bond motifs is 7. The second kappa shape index (κ2) is 10.3. The van der Waals surface area contributed by atoms with E-state index in [1.807, 2.05) is 11.3 Å². The predicted octanol–water partition coefficient (Wildman–Crippen LogP) is 11.8. The Bertz CT molecular complexity index is 2780. The molecule has 4 heteroatoms. The number of hydrogen-bond donors (Lipinski definition) is 0. The van der Waals surface area contributed by atoms with Crippen LogP contribution in [0.25, 0.3) is 86.9 Å². The van der Waals surface area contributed by atoms with E-state index in [4.69, 9.17) is 4.98 Å². The van der Waals surface area contributed by atoms with Crippen molar-refractivity contribution >= 4 is 64.3 Å². The summed E-state index contributed by atoms with van der Waals surface area (Å²) in [5.74, 6) is 0.960. The molecule has 3 nitrogen and oxygen atoms in total. The molecule has 7 aromatic carbocycles. The van der Waals surface area contributed by atoms with E-state index in [1.54, 1.807) is 0 Å². The zero-order chi connectivity index (χ0) is 30.9. The van der Waals surface area contributed by atoms with Crippen molar-refractivity contribution in [3.05, 3.63) is 164 Å². The highest BCUT2D eigenvalue weighted by molar-refractivity contribution is 7.26. The minimum absolute atomic E-state index is 0.960. The van der Waals surface area contributed by atoms with Crippen molar-refractivity contribution in [2.45, 2.75) is 0 Å². The van der Waals surface area contributed by atoms with Crippen molar-refractivity contribution in [2.75, 3.05) is 0 Å². The van der Waals surface area contributed by atoms with Crippen molar-refractivity contribution in [3.63, 3.8) is 0 Å². The molecule has 0 aliphatic carbocycles. The lowest BCUT2D eigenvalue weighted by Crippen LogP contribution is -1.97. The van der Waals surface area contributed by atoms with E-state index < -0.39 is 0 Å². The lowest BCUT2D eigenvalue weighted by atomic mass is 10.0. The average molecular weight is 618 g/mol. The van der Waals surface area contributed by atoms with E-state index in [0.29, 0.717) is 0 Å². The Morgan fingerprint density at radius 1 is 0.426 bits per heavy atom. The third kappa shape index (κ3) is 3.95. The van der Waals surface area contributed by atoms with Crippen LogP contribution in [-0.4, -0.2) is 14.1 Å². The third-order valence-corrected chi connectivity index (χ3v) is 10.6. The molecule has 0 spiro atoms. The van der Waals surface area contributed by atoms with E-state index in [-0.39, 0.29) is 0 Å². The quantitative estimate of drug-likeness (QED) is 0.193. The molecule has 3 aromatic heterocycles. The van der Waals surface area contributed by atoms with Crippen LogP contribution in [-0.2, 0) is 0 Å². The summed E-state index contributed by atoms with van der Waals surface area (Å²) < 4.78 is 7.27. The number of hydrogen-bond acceptors (Lipinski definition) is 2. The van der Waals surface area contributed by atoms with Crippen LogP contribution in [0.4, 0.5) is 0 Å². The van der Waals surface area contributed by atoms with Crippen LogP contribution in [0.5, 0.6) is 0 Å². The van der Waals surface area contributed by atoms with Gasteiger partial charge in [-0.3, -0.25) is 4.57 Å². The molecule has 0 unspecified atom stereocenters. The maximum atomic E-state index is 5.23. The molecule has 0 fully saturated rings. The Morgan fingerprint density at radius 3 is 1.94 bits per heavy atom. The number of rotatable bonds is 4. The predicted molar refractivity (Wildman–Crippen MR) is 199 cm³/mol. The summed E-state index contributed by atoms with van der Waals surface area (Å²) in [5.41, 5.74) is 10.4. The smallest absolute Gasteiger partial charge is 0.147 e. The number of thiophene rings is 1. The Morgan fingerprint density at radius 2 is 1.09 bits per heavy atom. The number of benzene rings is 7. The molecule has 0 saturated carbocycles. The Hall–Kier alpha value is -5.97. The highest BCUT2D eigenvalue weighted by Gasteiger charge is 2.21. The molecule has 3 heterocycles. The van der Waals surface area contributed by atoms with E-state index >= 15 is 0 Å². The highest BCUT2D eigenvalue weighted by atomic mass is 32.1. The van der Waals surface area contributed by atoms with E-state index in [1.165, 1.54) is 58.8 Å². The number of imidazole rings is 1. The fraction of sp³-hybridized carbons (Fsp3) is 0. The molecule has 0 bridgehead atoms. The fourth-order valence-electron chi connectivity index (χ4n) is 7.25. The second-order valence-electron chi connectivity index (χ2n) is 12.0. The fourth-order valence-corrected chi connectivity index (χ4v) is 8.56. The summed E-state index contributed by atoms with van der Waals surface area (Å²) in [6, 6.07) is 58.7. The van der Waals surface area contributed by atoms with Crippen molar-refractivity contribution in [1.82, 2.24) is 14.1 Å². The number of aromatic nitrogens is 3. The van der Waals surface area contributed by atoms with Gasteiger partial charge >= 0.3 is 0 Å². The average Bonchev–Trinajstić information content (AvgIpc) is 3.82. The number of para-hydroxylation sites is 4. The van der Waals surface area contributed by atoms with Crippen LogP contribution in [0.2, 0.25) is 0 Å². The summed E-state index contributed by atoms with van der Waals surface area (Å²) in [4.78, 5) is 5.23. The van der Waals surface area contributed by atoms with Gasteiger partial charge in [0.2, 0.25) is 0 Å². The second-order valence-corrected chi connectivity index (χ2v) is 13.0. The van der Waals surface area contributed by atoms with Crippen molar-refractivity contribution in [3.8, 4) is 33.9 Å². The molecule has 0 N–H and O–H groups in total. The number of nitrogens with zero attached hydrogens (tertiary/aromatic N) is 3. The normalized spacial score (nSPS) is 11.8. The topological polar surface area (TPSA) is 22.8 Å². The molecule has 10 aromatic rings. The van der Waals surface area contributed by atoms with Crippen LogP contribution in [0.1, 0.15) is 0 Å². The van der Waals surface area contributed by atoms with Gasteiger partial charge in [0.25, 0.3) is 0 Å². The van der Waals surface area contributed by atoms with Gasteiger partial charge in [-0.05, 0) is 65.7 Å². The maximum Gasteiger partial charge on any atom is 0.147 e. The molecule has 220 valence electrons. The SMILES string of the molecule is c1ccc(-c2ccc3c(c2)c2ccccc2n3-c2cccc3c2sc2c(-c4nc5ccccc5n4-c4ccccc4)cccc23)cc1. The van der Waals surface area contributed by atoms with Gasteiger partial charge < -0.3 is 4.57 Å². The van der Waals surface area contributed by atoms with Gasteiger partial charge in [0.05, 0.1) is 32.5 Å². The molecule has 0 atom stereocenters. The van der Waals surface area contributed by atoms with Gasteiger partial charge in [-0.1, -0.05) is 109 Å². The monoisotopic (exact) mass is 617 g/mol. The van der Waals surface area contributed by atoms with Gasteiger partial charge in [0, 0.05) is 37.5 Å². The van der Waals surface area contributed by atoms with Crippen LogP contribution in [0, 0.1) is 0 Å².